The van der Waals surface area contributed by atoms with Crippen molar-refractivity contribution in [2.75, 3.05) is 0 Å². The number of carboxylic acids is 1. The Balaban J connectivity index is 2.24. The van der Waals surface area contributed by atoms with E-state index in [2.05, 4.69) is 0 Å². The molecule has 0 saturated carbocycles. The average molecular weight is 330 g/mol. The summed E-state index contributed by atoms with van der Waals surface area (Å²) in [6.45, 7) is 1.43. The van der Waals surface area contributed by atoms with Gasteiger partial charge in [0.25, 0.3) is 0 Å². The molecule has 0 atom stereocenters. The van der Waals surface area contributed by atoms with E-state index in [0.29, 0.717) is 29.5 Å². The van der Waals surface area contributed by atoms with Crippen molar-refractivity contribution >= 4 is 21.6 Å². The first kappa shape index (κ1) is 15.4. The molecule has 1 heterocycles. The van der Waals surface area contributed by atoms with E-state index in [0.717, 1.165) is 0 Å². The van der Waals surface area contributed by atoms with Gasteiger partial charge < -0.3 is 5.11 Å². The van der Waals surface area contributed by atoms with Crippen LogP contribution in [0, 0.1) is 0 Å². The standard InChI is InChI=1S/C17H14O5S/c1-10(18)12-6-7-15-13(8-12)4-2-11-3-5-14(17(19)20)9-16(11)23(15,21)22/h3,5-9H,2,4H2,1H3,(H,19,20). The van der Waals surface area contributed by atoms with Crippen molar-refractivity contribution in [1.82, 2.24) is 0 Å². The molecule has 1 N–H and O–H groups in total. The number of fused-ring (bicyclic) bond motifs is 2. The zero-order valence-corrected chi connectivity index (χ0v) is 13.2. The van der Waals surface area contributed by atoms with E-state index in [9.17, 15) is 18.0 Å². The van der Waals surface area contributed by atoms with E-state index >= 15 is 0 Å². The van der Waals surface area contributed by atoms with Gasteiger partial charge in [-0.05, 0) is 55.2 Å². The molecule has 0 amide bonds. The zero-order chi connectivity index (χ0) is 16.8. The van der Waals surface area contributed by atoms with E-state index in [1.807, 2.05) is 0 Å². The van der Waals surface area contributed by atoms with Crippen LogP contribution in [0.3, 0.4) is 0 Å². The first-order chi connectivity index (χ1) is 10.8. The Labute approximate surface area is 133 Å². The topological polar surface area (TPSA) is 88.5 Å². The summed E-state index contributed by atoms with van der Waals surface area (Å²) < 4.78 is 25.8. The van der Waals surface area contributed by atoms with Gasteiger partial charge in [-0.1, -0.05) is 12.1 Å². The average Bonchev–Trinajstić information content (AvgIpc) is 2.62. The third-order valence-corrected chi connectivity index (χ3v) is 5.96. The van der Waals surface area contributed by atoms with Crippen LogP contribution in [0.4, 0.5) is 0 Å². The molecule has 0 bridgehead atoms. The molecule has 6 heteroatoms. The van der Waals surface area contributed by atoms with E-state index in [1.54, 1.807) is 12.1 Å². The Morgan fingerprint density at radius 3 is 2.22 bits per heavy atom. The molecule has 23 heavy (non-hydrogen) atoms. The molecule has 0 saturated heterocycles. The number of ketones is 1. The highest BCUT2D eigenvalue weighted by molar-refractivity contribution is 7.91. The zero-order valence-electron chi connectivity index (χ0n) is 12.4. The van der Waals surface area contributed by atoms with Crippen LogP contribution in [-0.4, -0.2) is 25.3 Å². The Morgan fingerprint density at radius 1 is 0.913 bits per heavy atom. The minimum absolute atomic E-state index is 0.0340. The predicted octanol–water partition coefficient (Wildman–Crippen LogP) is 2.52. The van der Waals surface area contributed by atoms with Crippen molar-refractivity contribution in [2.24, 2.45) is 0 Å². The molecule has 0 aromatic heterocycles. The monoisotopic (exact) mass is 330 g/mol. The molecule has 1 aliphatic heterocycles. The van der Waals surface area contributed by atoms with Crippen molar-refractivity contribution in [3.8, 4) is 0 Å². The Hall–Kier alpha value is -2.47. The Kier molecular flexibility index (Phi) is 3.56. The van der Waals surface area contributed by atoms with Gasteiger partial charge in [0, 0.05) is 5.56 Å². The van der Waals surface area contributed by atoms with Crippen LogP contribution in [0.2, 0.25) is 0 Å². The summed E-state index contributed by atoms with van der Waals surface area (Å²) in [5, 5.41) is 9.09. The smallest absolute Gasteiger partial charge is 0.335 e. The highest BCUT2D eigenvalue weighted by atomic mass is 32.2. The number of sulfone groups is 1. The molecular weight excluding hydrogens is 316 g/mol. The van der Waals surface area contributed by atoms with Crippen LogP contribution in [0.25, 0.3) is 0 Å². The predicted molar refractivity (Wildman–Crippen MR) is 82.7 cm³/mol. The van der Waals surface area contributed by atoms with Crippen LogP contribution in [-0.2, 0) is 22.7 Å². The van der Waals surface area contributed by atoms with Crippen molar-refractivity contribution in [2.45, 2.75) is 29.6 Å². The SMILES string of the molecule is CC(=O)c1ccc2c(c1)CCc1ccc(C(=O)O)cc1S2(=O)=O. The van der Waals surface area contributed by atoms with Crippen LogP contribution in [0.15, 0.2) is 46.2 Å². The summed E-state index contributed by atoms with van der Waals surface area (Å²) in [6.07, 6.45) is 0.956. The first-order valence-electron chi connectivity index (χ1n) is 7.06. The van der Waals surface area contributed by atoms with Gasteiger partial charge in [0.1, 0.15) is 0 Å². The normalized spacial score (nSPS) is 15.2. The maximum atomic E-state index is 12.9. The molecule has 0 radical (unpaired) electrons. The molecule has 118 valence electrons. The lowest BCUT2D eigenvalue weighted by Crippen LogP contribution is -2.07. The van der Waals surface area contributed by atoms with E-state index in [-0.39, 0.29) is 21.1 Å². The number of carboxylic acid groups (broad SMARTS) is 1. The Morgan fingerprint density at radius 2 is 1.57 bits per heavy atom. The fraction of sp³-hybridized carbons (Fsp3) is 0.176. The van der Waals surface area contributed by atoms with Crippen LogP contribution in [0.5, 0.6) is 0 Å². The van der Waals surface area contributed by atoms with Crippen LogP contribution >= 0.6 is 0 Å². The minimum Gasteiger partial charge on any atom is -0.478 e. The van der Waals surface area contributed by atoms with Gasteiger partial charge in [-0.25, -0.2) is 13.2 Å². The lowest BCUT2D eigenvalue weighted by Gasteiger charge is -2.09. The highest BCUT2D eigenvalue weighted by Crippen LogP contribution is 2.33. The number of aryl methyl sites for hydroxylation is 2. The fourth-order valence-corrected chi connectivity index (χ4v) is 4.58. The quantitative estimate of drug-likeness (QED) is 0.855. The van der Waals surface area contributed by atoms with Crippen LogP contribution in [0.1, 0.15) is 38.8 Å². The van der Waals surface area contributed by atoms with E-state index in [1.165, 1.54) is 31.2 Å². The molecule has 0 spiro atoms. The summed E-state index contributed by atoms with van der Waals surface area (Å²) in [7, 11) is -3.81. The third-order valence-electron chi connectivity index (χ3n) is 4.02. The second kappa shape index (κ2) is 5.31. The van der Waals surface area contributed by atoms with Gasteiger partial charge in [0.05, 0.1) is 15.4 Å². The van der Waals surface area contributed by atoms with Gasteiger partial charge in [0.2, 0.25) is 9.84 Å². The molecule has 0 aliphatic carbocycles. The molecule has 1 aliphatic rings. The summed E-state index contributed by atoms with van der Waals surface area (Å²) >= 11 is 0. The molecular formula is C17H14O5S. The molecule has 2 aromatic carbocycles. The summed E-state index contributed by atoms with van der Waals surface area (Å²) in [5.41, 5.74) is 1.59. The number of Topliss-reactive ketones (excluding diaryl/α,β-unsaturated/α-hetero) is 1. The fourth-order valence-electron chi connectivity index (χ4n) is 2.79. The van der Waals surface area contributed by atoms with Gasteiger partial charge in [0.15, 0.2) is 5.78 Å². The Bertz CT molecular complexity index is 941. The molecule has 2 aromatic rings. The number of benzene rings is 2. The first-order valence-corrected chi connectivity index (χ1v) is 8.54. The van der Waals surface area contributed by atoms with E-state index < -0.39 is 15.8 Å². The largest absolute Gasteiger partial charge is 0.478 e. The lowest BCUT2D eigenvalue weighted by atomic mass is 10.0. The number of rotatable bonds is 2. The lowest BCUT2D eigenvalue weighted by molar-refractivity contribution is 0.0696. The van der Waals surface area contributed by atoms with Crippen LogP contribution < -0.4 is 0 Å². The highest BCUT2D eigenvalue weighted by Gasteiger charge is 2.28. The van der Waals surface area contributed by atoms with Gasteiger partial charge >= 0.3 is 5.97 Å². The number of hydrogen-bond acceptors (Lipinski definition) is 4. The number of carbonyl (C=O) groups excluding carboxylic acids is 1. The second-order valence-electron chi connectivity index (χ2n) is 5.51. The summed E-state index contributed by atoms with van der Waals surface area (Å²) in [4.78, 5) is 22.8. The minimum atomic E-state index is -3.81. The number of hydrogen-bond donors (Lipinski definition) is 1. The molecule has 0 fully saturated rings. The molecule has 3 rings (SSSR count). The van der Waals surface area contributed by atoms with Crippen molar-refractivity contribution in [1.29, 1.82) is 0 Å². The molecule has 0 unspecified atom stereocenters. The number of carbonyl (C=O) groups is 2. The molecule has 5 nitrogen and oxygen atoms in total. The van der Waals surface area contributed by atoms with Crippen molar-refractivity contribution in [3.05, 3.63) is 58.7 Å². The van der Waals surface area contributed by atoms with Crippen molar-refractivity contribution < 1.29 is 23.1 Å². The van der Waals surface area contributed by atoms with Gasteiger partial charge in [-0.15, -0.1) is 0 Å². The maximum Gasteiger partial charge on any atom is 0.335 e. The van der Waals surface area contributed by atoms with E-state index in [4.69, 9.17) is 5.11 Å². The second-order valence-corrected chi connectivity index (χ2v) is 7.40. The number of aromatic carboxylic acids is 1. The van der Waals surface area contributed by atoms with Gasteiger partial charge in [-0.3, -0.25) is 4.79 Å². The van der Waals surface area contributed by atoms with Gasteiger partial charge in [-0.2, -0.15) is 0 Å². The third kappa shape index (κ3) is 2.55. The maximum absolute atomic E-state index is 12.9. The van der Waals surface area contributed by atoms with Crippen molar-refractivity contribution in [3.63, 3.8) is 0 Å². The summed E-state index contributed by atoms with van der Waals surface area (Å²) in [6, 6.07) is 8.71. The summed E-state index contributed by atoms with van der Waals surface area (Å²) in [5.74, 6) is -1.29.